The molecule has 4 aliphatic rings. The average Bonchev–Trinajstić information content (AvgIpc) is 3.34. The van der Waals surface area contributed by atoms with Crippen LogP contribution in [-0.2, 0) is 19.0 Å². The minimum Gasteiger partial charge on any atom is -0.457 e. The van der Waals surface area contributed by atoms with Gasteiger partial charge in [-0.2, -0.15) is 0 Å². The Morgan fingerprint density at radius 1 is 1.26 bits per heavy atom. The van der Waals surface area contributed by atoms with Crippen LogP contribution < -0.4 is 0 Å². The van der Waals surface area contributed by atoms with E-state index in [1.165, 1.54) is 0 Å². The lowest BCUT2D eigenvalue weighted by Crippen LogP contribution is -2.63. The fourth-order valence-electron chi connectivity index (χ4n) is 6.92. The smallest absolute Gasteiger partial charge is 0.332 e. The van der Waals surface area contributed by atoms with E-state index < -0.39 is 53.0 Å². The molecular formula is C26H38Cl2O6. The number of hydrogen-bond acceptors (Lipinski definition) is 6. The van der Waals surface area contributed by atoms with E-state index >= 15 is 0 Å². The Bertz CT molecular complexity index is 817. The second-order valence-corrected chi connectivity index (χ2v) is 12.0. The summed E-state index contributed by atoms with van der Waals surface area (Å²) in [5, 5.41) is 19.2. The number of hydrogen-bond donors (Lipinski definition) is 2. The molecule has 8 heteroatoms. The van der Waals surface area contributed by atoms with Crippen molar-refractivity contribution >= 4 is 29.2 Å². The van der Waals surface area contributed by atoms with Crippen LogP contribution in [0.25, 0.3) is 0 Å². The van der Waals surface area contributed by atoms with Crippen LogP contribution in [0.2, 0.25) is 0 Å². The SMILES string of the molecule is CC1CCC2C1C(OC(O)C(Cl)C(Cl)C1C=CC=CC1)C1(C(C)C)CC(OC(=O)CO)C2(C)O1. The van der Waals surface area contributed by atoms with E-state index in [0.29, 0.717) is 12.3 Å². The fraction of sp³-hybridized carbons (Fsp3) is 0.808. The summed E-state index contributed by atoms with van der Waals surface area (Å²) in [6.45, 7) is 7.71. The van der Waals surface area contributed by atoms with Gasteiger partial charge in [0.25, 0.3) is 0 Å². The summed E-state index contributed by atoms with van der Waals surface area (Å²) in [7, 11) is 0. The molecule has 192 valence electrons. The van der Waals surface area contributed by atoms with E-state index in [2.05, 4.69) is 20.8 Å². The Morgan fingerprint density at radius 3 is 2.62 bits per heavy atom. The molecule has 0 spiro atoms. The zero-order chi connectivity index (χ0) is 24.8. The first-order chi connectivity index (χ1) is 16.0. The molecule has 6 nitrogen and oxygen atoms in total. The molecule has 11 atom stereocenters. The zero-order valence-corrected chi connectivity index (χ0v) is 21.9. The molecule has 2 saturated heterocycles. The maximum absolute atomic E-state index is 12.1. The van der Waals surface area contributed by atoms with Gasteiger partial charge in [-0.25, -0.2) is 4.79 Å². The molecule has 1 saturated carbocycles. The molecule has 0 radical (unpaired) electrons. The first-order valence-corrected chi connectivity index (χ1v) is 13.4. The molecule has 2 heterocycles. The Hall–Kier alpha value is -0.630. The summed E-state index contributed by atoms with van der Waals surface area (Å²) in [6, 6.07) is 0. The first-order valence-electron chi connectivity index (χ1n) is 12.5. The first kappa shape index (κ1) is 26.4. The molecule has 34 heavy (non-hydrogen) atoms. The molecule has 11 unspecified atom stereocenters. The van der Waals surface area contributed by atoms with Crippen molar-refractivity contribution in [3.05, 3.63) is 24.3 Å². The minimum atomic E-state index is -1.27. The lowest BCUT2D eigenvalue weighted by Gasteiger charge is -2.54. The van der Waals surface area contributed by atoms with Gasteiger partial charge in [0.2, 0.25) is 0 Å². The van der Waals surface area contributed by atoms with Gasteiger partial charge in [0, 0.05) is 6.42 Å². The third-order valence-corrected chi connectivity index (χ3v) is 10.1. The van der Waals surface area contributed by atoms with Gasteiger partial charge in [-0.1, -0.05) is 45.1 Å². The Balaban J connectivity index is 1.62. The number of aliphatic hydroxyl groups is 2. The van der Waals surface area contributed by atoms with Crippen molar-refractivity contribution in [3.63, 3.8) is 0 Å². The molecule has 2 bridgehead atoms. The lowest BCUT2D eigenvalue weighted by molar-refractivity contribution is -0.298. The molecule has 2 aliphatic carbocycles. The number of aliphatic hydroxyl groups excluding tert-OH is 2. The molecular weight excluding hydrogens is 479 g/mol. The van der Waals surface area contributed by atoms with Gasteiger partial charge in [-0.05, 0) is 55.8 Å². The van der Waals surface area contributed by atoms with E-state index in [-0.39, 0.29) is 23.7 Å². The molecule has 0 aromatic rings. The van der Waals surface area contributed by atoms with Gasteiger partial charge in [0.15, 0.2) is 6.29 Å². The number of esters is 1. The largest absolute Gasteiger partial charge is 0.457 e. The molecule has 0 amide bonds. The Labute approximate surface area is 212 Å². The number of carbonyl (C=O) groups excluding carboxylic acids is 1. The predicted octanol–water partition coefficient (Wildman–Crippen LogP) is 4.19. The van der Waals surface area contributed by atoms with Crippen molar-refractivity contribution in [1.29, 1.82) is 0 Å². The highest BCUT2D eigenvalue weighted by Gasteiger charge is 2.71. The number of halogens is 2. The van der Waals surface area contributed by atoms with E-state index in [4.69, 9.17) is 37.4 Å². The highest BCUT2D eigenvalue weighted by molar-refractivity contribution is 6.30. The summed E-state index contributed by atoms with van der Waals surface area (Å²) < 4.78 is 19.0. The Morgan fingerprint density at radius 2 is 2.00 bits per heavy atom. The van der Waals surface area contributed by atoms with Crippen molar-refractivity contribution in [1.82, 2.24) is 0 Å². The number of alkyl halides is 2. The number of allylic oxidation sites excluding steroid dienone is 4. The van der Waals surface area contributed by atoms with Crippen molar-refractivity contribution in [3.8, 4) is 0 Å². The third kappa shape index (κ3) is 4.37. The van der Waals surface area contributed by atoms with Gasteiger partial charge >= 0.3 is 5.97 Å². The fourth-order valence-corrected chi connectivity index (χ4v) is 7.48. The minimum absolute atomic E-state index is 0.0179. The topological polar surface area (TPSA) is 85.2 Å². The van der Waals surface area contributed by atoms with Gasteiger partial charge < -0.3 is 24.4 Å². The monoisotopic (exact) mass is 516 g/mol. The summed E-state index contributed by atoms with van der Waals surface area (Å²) in [6.07, 6.45) is 8.90. The maximum Gasteiger partial charge on any atom is 0.332 e. The van der Waals surface area contributed by atoms with E-state index in [0.717, 1.165) is 19.3 Å². The van der Waals surface area contributed by atoms with Crippen LogP contribution in [0, 0.1) is 29.6 Å². The highest BCUT2D eigenvalue weighted by Crippen LogP contribution is 2.63. The number of carbonyl (C=O) groups is 1. The van der Waals surface area contributed by atoms with E-state index in [1.807, 2.05) is 31.2 Å². The molecule has 0 aromatic heterocycles. The molecule has 0 aromatic carbocycles. The summed E-state index contributed by atoms with van der Waals surface area (Å²) in [5.41, 5.74) is -1.44. The zero-order valence-electron chi connectivity index (χ0n) is 20.4. The van der Waals surface area contributed by atoms with Crippen molar-refractivity contribution in [2.45, 2.75) is 93.8 Å². The summed E-state index contributed by atoms with van der Waals surface area (Å²) >= 11 is 13.4. The third-order valence-electron chi connectivity index (χ3n) is 8.84. The number of rotatable bonds is 8. The predicted molar refractivity (Wildman–Crippen MR) is 131 cm³/mol. The maximum atomic E-state index is 12.1. The summed E-state index contributed by atoms with van der Waals surface area (Å²) in [5.74, 6) is -0.0437. The molecule has 2 aliphatic heterocycles. The van der Waals surface area contributed by atoms with E-state index in [9.17, 15) is 15.0 Å². The van der Waals surface area contributed by atoms with Gasteiger partial charge in [0.1, 0.15) is 29.3 Å². The van der Waals surface area contributed by atoms with Crippen LogP contribution in [0.3, 0.4) is 0 Å². The van der Waals surface area contributed by atoms with Gasteiger partial charge in [-0.15, -0.1) is 23.2 Å². The Kier molecular flexibility index (Phi) is 7.79. The van der Waals surface area contributed by atoms with Gasteiger partial charge in [0.05, 0.1) is 11.5 Å². The lowest BCUT2D eigenvalue weighted by atomic mass is 9.69. The highest BCUT2D eigenvalue weighted by atomic mass is 35.5. The van der Waals surface area contributed by atoms with Crippen LogP contribution in [0.15, 0.2) is 24.3 Å². The van der Waals surface area contributed by atoms with Crippen molar-refractivity contribution in [2.75, 3.05) is 6.61 Å². The van der Waals surface area contributed by atoms with Crippen LogP contribution in [0.1, 0.15) is 53.4 Å². The van der Waals surface area contributed by atoms with Crippen molar-refractivity contribution < 1.29 is 29.2 Å². The standard InChI is InChI=1S/C26H38Cl2O6/c1-14(2)26-12-18(32-19(30)13-29)25(4,34-26)17-11-10-15(3)20(17)23(26)33-24(31)22(28)21(27)16-8-6-5-7-9-16/h5-8,14-18,20-24,29,31H,9-13H2,1-4H3. The summed E-state index contributed by atoms with van der Waals surface area (Å²) in [4.78, 5) is 12.1. The molecule has 4 rings (SSSR count). The second kappa shape index (κ2) is 10.0. The normalized spacial score (nSPS) is 43.6. The molecule has 2 N–H and O–H groups in total. The van der Waals surface area contributed by atoms with Crippen LogP contribution in [-0.4, -0.2) is 63.2 Å². The van der Waals surface area contributed by atoms with Crippen LogP contribution >= 0.6 is 23.2 Å². The van der Waals surface area contributed by atoms with Crippen molar-refractivity contribution in [2.24, 2.45) is 29.6 Å². The van der Waals surface area contributed by atoms with Gasteiger partial charge in [-0.3, -0.25) is 0 Å². The second-order valence-electron chi connectivity index (χ2n) is 11.0. The number of fused-ring (bicyclic) bond motifs is 4. The molecule has 3 fully saturated rings. The van der Waals surface area contributed by atoms with Crippen LogP contribution in [0.4, 0.5) is 0 Å². The average molecular weight is 517 g/mol. The van der Waals surface area contributed by atoms with Crippen LogP contribution in [0.5, 0.6) is 0 Å². The quantitative estimate of drug-likeness (QED) is 0.285. The number of ether oxygens (including phenoxy) is 3. The van der Waals surface area contributed by atoms with E-state index in [1.54, 1.807) is 0 Å².